The Morgan fingerprint density at radius 2 is 1.06 bits per heavy atom. The van der Waals surface area contributed by atoms with Crippen LogP contribution in [0.5, 0.6) is 0 Å². The lowest BCUT2D eigenvalue weighted by molar-refractivity contribution is 0.660. The van der Waals surface area contributed by atoms with Crippen LogP contribution in [0.1, 0.15) is 25.0 Å². The summed E-state index contributed by atoms with van der Waals surface area (Å²) in [5, 5.41) is 4.61. The molecule has 0 N–H and O–H groups in total. The average molecular weight is 654 g/mol. The minimum atomic E-state index is -0.124. The van der Waals surface area contributed by atoms with Gasteiger partial charge in [0.2, 0.25) is 0 Å². The molecule has 0 aliphatic heterocycles. The monoisotopic (exact) mass is 653 g/mol. The van der Waals surface area contributed by atoms with Crippen LogP contribution in [0.4, 0.5) is 17.1 Å². The molecular formula is C49H35NO. The fourth-order valence-electron chi connectivity index (χ4n) is 8.34. The Morgan fingerprint density at radius 1 is 0.431 bits per heavy atom. The fourth-order valence-corrected chi connectivity index (χ4v) is 8.34. The molecule has 2 heteroatoms. The zero-order valence-corrected chi connectivity index (χ0v) is 28.6. The van der Waals surface area contributed by atoms with Crippen LogP contribution in [0.15, 0.2) is 180 Å². The van der Waals surface area contributed by atoms with Crippen molar-refractivity contribution in [3.8, 4) is 33.4 Å². The van der Waals surface area contributed by atoms with Crippen molar-refractivity contribution < 1.29 is 4.42 Å². The molecule has 0 saturated carbocycles. The standard InChI is InChI=1S/C49H35NO/c1-49(2)43-22-12-11-20-39(43)40-29-28-37(31-44(40)49)50(36-26-24-33(25-27-36)32-14-5-3-6-15-32)45-23-13-21-41-42-30-35-18-9-10-19-38(35)46(48(42)51-47(41)45)34-16-7-4-8-17-34/h3-31H,1-2H3. The molecule has 51 heavy (non-hydrogen) atoms. The van der Waals surface area contributed by atoms with Crippen molar-refractivity contribution in [1.29, 1.82) is 0 Å². The van der Waals surface area contributed by atoms with E-state index in [0.717, 1.165) is 50.1 Å². The van der Waals surface area contributed by atoms with Crippen LogP contribution >= 0.6 is 0 Å². The molecule has 1 heterocycles. The SMILES string of the molecule is CC1(C)c2ccccc2-c2ccc(N(c3ccc(-c4ccccc4)cc3)c3cccc4c3oc3c(-c5ccccc5)c5ccccc5cc34)cc21. The Kier molecular flexibility index (Phi) is 6.56. The van der Waals surface area contributed by atoms with Gasteiger partial charge in [-0.15, -0.1) is 0 Å². The summed E-state index contributed by atoms with van der Waals surface area (Å²) in [7, 11) is 0. The van der Waals surface area contributed by atoms with Gasteiger partial charge >= 0.3 is 0 Å². The van der Waals surface area contributed by atoms with Gasteiger partial charge in [0, 0.05) is 33.1 Å². The number of nitrogens with zero attached hydrogens (tertiary/aromatic N) is 1. The molecule has 0 amide bonds. The van der Waals surface area contributed by atoms with E-state index in [1.165, 1.54) is 44.2 Å². The zero-order valence-electron chi connectivity index (χ0n) is 28.6. The molecule has 0 bridgehead atoms. The summed E-state index contributed by atoms with van der Waals surface area (Å²) in [6.45, 7) is 4.69. The minimum Gasteiger partial charge on any atom is -0.453 e. The Morgan fingerprint density at radius 3 is 1.86 bits per heavy atom. The van der Waals surface area contributed by atoms with Crippen LogP contribution in [0, 0.1) is 0 Å². The smallest absolute Gasteiger partial charge is 0.159 e. The van der Waals surface area contributed by atoms with Crippen LogP contribution in [0.25, 0.3) is 66.1 Å². The summed E-state index contributed by atoms with van der Waals surface area (Å²) in [5.74, 6) is 0. The van der Waals surface area contributed by atoms with Gasteiger partial charge in [-0.2, -0.15) is 0 Å². The number of anilines is 3. The van der Waals surface area contributed by atoms with Crippen LogP contribution in [-0.4, -0.2) is 0 Å². The second-order valence-corrected chi connectivity index (χ2v) is 14.1. The number of hydrogen-bond donors (Lipinski definition) is 0. The Balaban J connectivity index is 1.23. The van der Waals surface area contributed by atoms with E-state index in [9.17, 15) is 0 Å². The van der Waals surface area contributed by atoms with Gasteiger partial charge in [-0.3, -0.25) is 0 Å². The van der Waals surface area contributed by atoms with E-state index in [-0.39, 0.29) is 5.41 Å². The largest absolute Gasteiger partial charge is 0.453 e. The molecule has 1 aromatic heterocycles. The lowest BCUT2D eigenvalue weighted by Crippen LogP contribution is -2.16. The van der Waals surface area contributed by atoms with Gasteiger partial charge in [0.05, 0.1) is 5.69 Å². The topological polar surface area (TPSA) is 16.4 Å². The highest BCUT2D eigenvalue weighted by atomic mass is 16.3. The molecule has 10 rings (SSSR count). The van der Waals surface area contributed by atoms with E-state index in [4.69, 9.17) is 4.42 Å². The summed E-state index contributed by atoms with van der Waals surface area (Å²) >= 11 is 0. The van der Waals surface area contributed by atoms with Gasteiger partial charge in [-0.1, -0.05) is 153 Å². The van der Waals surface area contributed by atoms with Gasteiger partial charge in [0.25, 0.3) is 0 Å². The first kappa shape index (κ1) is 29.5. The third-order valence-electron chi connectivity index (χ3n) is 10.9. The molecule has 1 aliphatic carbocycles. The van der Waals surface area contributed by atoms with Crippen molar-refractivity contribution >= 4 is 49.8 Å². The Labute approximate surface area is 297 Å². The molecule has 0 fully saturated rings. The molecule has 8 aromatic carbocycles. The molecular weight excluding hydrogens is 619 g/mol. The van der Waals surface area contributed by atoms with Crippen molar-refractivity contribution in [2.75, 3.05) is 4.90 Å². The maximum Gasteiger partial charge on any atom is 0.159 e. The zero-order chi connectivity index (χ0) is 34.1. The lowest BCUT2D eigenvalue weighted by Gasteiger charge is -2.28. The van der Waals surface area contributed by atoms with Gasteiger partial charge in [-0.05, 0) is 86.1 Å². The number of fused-ring (bicyclic) bond motifs is 7. The van der Waals surface area contributed by atoms with Crippen LogP contribution < -0.4 is 4.90 Å². The van der Waals surface area contributed by atoms with Gasteiger partial charge < -0.3 is 9.32 Å². The Hall–Kier alpha value is -6.38. The van der Waals surface area contributed by atoms with E-state index >= 15 is 0 Å². The van der Waals surface area contributed by atoms with Crippen LogP contribution in [-0.2, 0) is 5.41 Å². The van der Waals surface area contributed by atoms with E-state index in [0.29, 0.717) is 0 Å². The molecule has 0 atom stereocenters. The average Bonchev–Trinajstić information content (AvgIpc) is 3.67. The van der Waals surface area contributed by atoms with Crippen LogP contribution in [0.2, 0.25) is 0 Å². The molecule has 242 valence electrons. The summed E-state index contributed by atoms with van der Waals surface area (Å²) in [6, 6.07) is 63.4. The molecule has 0 radical (unpaired) electrons. The maximum atomic E-state index is 7.14. The number of benzene rings is 8. The third kappa shape index (κ3) is 4.57. The second kappa shape index (κ2) is 11.3. The van der Waals surface area contributed by atoms with Crippen molar-refractivity contribution in [3.63, 3.8) is 0 Å². The molecule has 0 spiro atoms. The number of hydrogen-bond acceptors (Lipinski definition) is 2. The van der Waals surface area contributed by atoms with E-state index in [2.05, 4.69) is 195 Å². The first-order valence-corrected chi connectivity index (χ1v) is 17.7. The van der Waals surface area contributed by atoms with Gasteiger partial charge in [0.1, 0.15) is 5.58 Å². The predicted octanol–water partition coefficient (Wildman–Crippen LogP) is 13.8. The van der Waals surface area contributed by atoms with Gasteiger partial charge in [0.15, 0.2) is 5.58 Å². The molecule has 1 aliphatic rings. The Bertz CT molecular complexity index is 2760. The maximum absolute atomic E-state index is 7.14. The normalized spacial score (nSPS) is 13.1. The highest BCUT2D eigenvalue weighted by molar-refractivity contribution is 6.20. The van der Waals surface area contributed by atoms with Crippen molar-refractivity contribution in [3.05, 3.63) is 187 Å². The first-order chi connectivity index (χ1) is 25.1. The quantitative estimate of drug-likeness (QED) is 0.184. The predicted molar refractivity (Wildman–Crippen MR) is 214 cm³/mol. The fraction of sp³-hybridized carbons (Fsp3) is 0.0612. The highest BCUT2D eigenvalue weighted by Crippen LogP contribution is 2.52. The number of furan rings is 1. The number of rotatable bonds is 5. The highest BCUT2D eigenvalue weighted by Gasteiger charge is 2.36. The van der Waals surface area contributed by atoms with E-state index in [1.807, 2.05) is 0 Å². The summed E-state index contributed by atoms with van der Waals surface area (Å²) in [5.41, 5.74) is 14.8. The molecule has 0 saturated heterocycles. The summed E-state index contributed by atoms with van der Waals surface area (Å²) < 4.78 is 7.14. The minimum absolute atomic E-state index is 0.124. The lowest BCUT2D eigenvalue weighted by atomic mass is 9.82. The number of para-hydroxylation sites is 1. The second-order valence-electron chi connectivity index (χ2n) is 14.1. The van der Waals surface area contributed by atoms with Crippen molar-refractivity contribution in [2.24, 2.45) is 0 Å². The molecule has 0 unspecified atom stereocenters. The summed E-state index contributed by atoms with van der Waals surface area (Å²) in [6.07, 6.45) is 0. The van der Waals surface area contributed by atoms with Gasteiger partial charge in [-0.25, -0.2) is 0 Å². The third-order valence-corrected chi connectivity index (χ3v) is 10.9. The molecule has 2 nitrogen and oxygen atoms in total. The van der Waals surface area contributed by atoms with Crippen molar-refractivity contribution in [1.82, 2.24) is 0 Å². The van der Waals surface area contributed by atoms with E-state index < -0.39 is 0 Å². The van der Waals surface area contributed by atoms with E-state index in [1.54, 1.807) is 0 Å². The summed E-state index contributed by atoms with van der Waals surface area (Å²) in [4.78, 5) is 2.38. The molecule has 9 aromatic rings. The van der Waals surface area contributed by atoms with Crippen molar-refractivity contribution in [2.45, 2.75) is 19.3 Å². The van der Waals surface area contributed by atoms with Crippen LogP contribution in [0.3, 0.4) is 0 Å². The first-order valence-electron chi connectivity index (χ1n) is 17.7.